The Morgan fingerprint density at radius 3 is 2.13 bits per heavy atom. The molecule has 2 aromatic heterocycles. The van der Waals surface area contributed by atoms with E-state index in [0.29, 0.717) is 6.61 Å². The third kappa shape index (κ3) is 11.9. The quantitative estimate of drug-likeness (QED) is 0.504. The van der Waals surface area contributed by atoms with Gasteiger partial charge in [0.1, 0.15) is 6.61 Å². The number of hydrogen-bond acceptors (Lipinski definition) is 7. The molecule has 3 heterocycles. The van der Waals surface area contributed by atoms with Crippen LogP contribution < -0.4 is 0 Å². The van der Waals surface area contributed by atoms with Gasteiger partial charge in [-0.15, -0.1) is 11.3 Å². The Kier molecular flexibility index (Phi) is 12.6. The minimum Gasteiger partial charge on any atom is -0.475 e. The fraction of sp³-hybridized carbons (Fsp3) is 0.455. The second-order valence-electron chi connectivity index (χ2n) is 7.86. The number of amides is 1. The van der Waals surface area contributed by atoms with Crippen LogP contribution in [0.3, 0.4) is 0 Å². The van der Waals surface area contributed by atoms with Crippen LogP contribution in [0.15, 0.2) is 29.9 Å². The van der Waals surface area contributed by atoms with Crippen LogP contribution in [0.5, 0.6) is 0 Å². The highest BCUT2D eigenvalue weighted by molar-refractivity contribution is 7.09. The van der Waals surface area contributed by atoms with Gasteiger partial charge in [-0.2, -0.15) is 26.3 Å². The van der Waals surface area contributed by atoms with Gasteiger partial charge in [-0.1, -0.05) is 6.07 Å². The summed E-state index contributed by atoms with van der Waals surface area (Å²) in [6.45, 7) is 3.51. The standard InChI is InChI=1S/C18H23N3O2S.2C2HF3O2/c1-20(2)18(22)13-23-12-15-9-19-8-14-10-21(6-5-17(14)15)11-16-4-3-7-24-16;2*3-2(4,5)1(6)7/h3-4,7-9H,5-6,10-13H2,1-2H3;2*(H,6,7). The summed E-state index contributed by atoms with van der Waals surface area (Å²) in [5.74, 6) is -5.53. The zero-order chi connectivity index (χ0) is 29.1. The van der Waals surface area contributed by atoms with E-state index < -0.39 is 24.3 Å². The lowest BCUT2D eigenvalue weighted by Crippen LogP contribution is -2.31. The van der Waals surface area contributed by atoms with E-state index in [1.54, 1.807) is 30.3 Å². The molecule has 1 aliphatic heterocycles. The SMILES string of the molecule is CN(C)C(=O)COCc1cncc2c1CCN(Cc1cccs1)C2.O=C(O)C(F)(F)F.O=C(O)C(F)(F)F. The van der Waals surface area contributed by atoms with Gasteiger partial charge in [-0.25, -0.2) is 9.59 Å². The van der Waals surface area contributed by atoms with Gasteiger partial charge in [0.25, 0.3) is 0 Å². The molecule has 0 unspecified atom stereocenters. The van der Waals surface area contributed by atoms with Gasteiger partial charge >= 0.3 is 24.3 Å². The van der Waals surface area contributed by atoms with E-state index in [1.165, 1.54) is 16.0 Å². The Morgan fingerprint density at radius 2 is 1.66 bits per heavy atom. The third-order valence-electron chi connectivity index (χ3n) is 4.73. The zero-order valence-corrected chi connectivity index (χ0v) is 21.0. The molecule has 0 aliphatic carbocycles. The van der Waals surface area contributed by atoms with Gasteiger partial charge in [-0.05, 0) is 34.6 Å². The third-order valence-corrected chi connectivity index (χ3v) is 5.60. The lowest BCUT2D eigenvalue weighted by molar-refractivity contribution is -0.193. The van der Waals surface area contributed by atoms with E-state index in [0.717, 1.165) is 31.6 Å². The summed E-state index contributed by atoms with van der Waals surface area (Å²) < 4.78 is 69.1. The molecule has 0 fully saturated rings. The van der Waals surface area contributed by atoms with Crippen molar-refractivity contribution in [3.8, 4) is 0 Å². The van der Waals surface area contributed by atoms with Crippen LogP contribution in [0.2, 0.25) is 0 Å². The van der Waals surface area contributed by atoms with E-state index in [2.05, 4.69) is 27.4 Å². The van der Waals surface area contributed by atoms with E-state index in [4.69, 9.17) is 24.5 Å². The molecule has 2 aromatic rings. The molecule has 0 spiro atoms. The number of pyridine rings is 1. The Morgan fingerprint density at radius 1 is 1.08 bits per heavy atom. The maximum absolute atomic E-state index is 11.6. The lowest BCUT2D eigenvalue weighted by Gasteiger charge is -2.29. The average Bonchev–Trinajstić information content (AvgIpc) is 3.31. The fourth-order valence-electron chi connectivity index (χ4n) is 2.89. The molecule has 0 bridgehead atoms. The van der Waals surface area contributed by atoms with Crippen molar-refractivity contribution < 1.29 is 55.7 Å². The number of likely N-dealkylation sites (N-methyl/N-ethyl adjacent to an activating group) is 1. The number of carboxylic acid groups (broad SMARTS) is 2. The molecule has 16 heteroatoms. The Bertz CT molecular complexity index is 1040. The van der Waals surface area contributed by atoms with Crippen molar-refractivity contribution in [1.29, 1.82) is 0 Å². The first-order valence-electron chi connectivity index (χ1n) is 10.6. The normalized spacial score (nSPS) is 13.3. The maximum Gasteiger partial charge on any atom is 0.490 e. The highest BCUT2D eigenvalue weighted by Gasteiger charge is 2.38. The van der Waals surface area contributed by atoms with Crippen LogP contribution >= 0.6 is 11.3 Å². The van der Waals surface area contributed by atoms with Crippen molar-refractivity contribution in [3.63, 3.8) is 0 Å². The Hall–Kier alpha value is -3.24. The number of hydrogen-bond donors (Lipinski definition) is 2. The van der Waals surface area contributed by atoms with Crippen LogP contribution in [0.1, 0.15) is 21.6 Å². The molecule has 9 nitrogen and oxygen atoms in total. The number of ether oxygens (including phenoxy) is 1. The molecule has 38 heavy (non-hydrogen) atoms. The monoisotopic (exact) mass is 573 g/mol. The first-order chi connectivity index (χ1) is 17.5. The first-order valence-corrected chi connectivity index (χ1v) is 11.5. The predicted molar refractivity (Wildman–Crippen MR) is 122 cm³/mol. The van der Waals surface area contributed by atoms with Crippen molar-refractivity contribution >= 4 is 29.2 Å². The second kappa shape index (κ2) is 14.6. The number of rotatable bonds is 6. The minimum absolute atomic E-state index is 0.0186. The molecule has 212 valence electrons. The van der Waals surface area contributed by atoms with Crippen molar-refractivity contribution in [2.45, 2.75) is 38.5 Å². The smallest absolute Gasteiger partial charge is 0.475 e. The van der Waals surface area contributed by atoms with Crippen LogP contribution in [-0.4, -0.2) is 82.4 Å². The molecular weight excluding hydrogens is 548 g/mol. The van der Waals surface area contributed by atoms with Crippen LogP contribution in [0.4, 0.5) is 26.3 Å². The number of carboxylic acids is 2. The summed E-state index contributed by atoms with van der Waals surface area (Å²) >= 11 is 1.80. The minimum atomic E-state index is -5.08. The second-order valence-corrected chi connectivity index (χ2v) is 8.90. The van der Waals surface area contributed by atoms with Gasteiger partial charge in [-0.3, -0.25) is 14.7 Å². The lowest BCUT2D eigenvalue weighted by atomic mass is 9.97. The van der Waals surface area contributed by atoms with Crippen molar-refractivity contribution in [1.82, 2.24) is 14.8 Å². The summed E-state index contributed by atoms with van der Waals surface area (Å²) in [4.78, 5) is 39.1. The average molecular weight is 574 g/mol. The molecule has 0 atom stereocenters. The summed E-state index contributed by atoms with van der Waals surface area (Å²) in [5.41, 5.74) is 3.72. The number of nitrogens with zero attached hydrogens (tertiary/aromatic N) is 3. The van der Waals surface area contributed by atoms with Gasteiger partial charge in [0.2, 0.25) is 5.91 Å². The molecule has 1 amide bonds. The van der Waals surface area contributed by atoms with E-state index in [9.17, 15) is 31.1 Å². The molecule has 0 saturated heterocycles. The zero-order valence-electron chi connectivity index (χ0n) is 20.2. The molecule has 0 aromatic carbocycles. The predicted octanol–water partition coefficient (Wildman–Crippen LogP) is 3.57. The largest absolute Gasteiger partial charge is 0.490 e. The van der Waals surface area contributed by atoms with Crippen molar-refractivity contribution in [3.05, 3.63) is 51.5 Å². The fourth-order valence-corrected chi connectivity index (χ4v) is 3.63. The maximum atomic E-state index is 11.6. The number of aliphatic carboxylic acids is 2. The molecule has 0 saturated carbocycles. The highest BCUT2D eigenvalue weighted by atomic mass is 32.1. The topological polar surface area (TPSA) is 120 Å². The van der Waals surface area contributed by atoms with Crippen LogP contribution in [0.25, 0.3) is 0 Å². The molecule has 1 aliphatic rings. The van der Waals surface area contributed by atoms with Crippen LogP contribution in [-0.2, 0) is 45.2 Å². The van der Waals surface area contributed by atoms with Gasteiger partial charge in [0, 0.05) is 51.0 Å². The Labute approximate surface area is 217 Å². The molecule has 0 radical (unpaired) electrons. The van der Waals surface area contributed by atoms with Gasteiger partial charge < -0.3 is 19.8 Å². The van der Waals surface area contributed by atoms with Crippen molar-refractivity contribution in [2.24, 2.45) is 0 Å². The summed E-state index contributed by atoms with van der Waals surface area (Å²) in [7, 11) is 3.47. The van der Waals surface area contributed by atoms with E-state index in [1.807, 2.05) is 12.4 Å². The van der Waals surface area contributed by atoms with E-state index >= 15 is 0 Å². The summed E-state index contributed by atoms with van der Waals surface area (Å²) in [5, 5.41) is 16.4. The number of aromatic nitrogens is 1. The summed E-state index contributed by atoms with van der Waals surface area (Å²) in [6.07, 6.45) is -5.33. The number of carbonyl (C=O) groups excluding carboxylic acids is 1. The van der Waals surface area contributed by atoms with Gasteiger partial charge in [0.15, 0.2) is 0 Å². The number of alkyl halides is 6. The number of fused-ring (bicyclic) bond motifs is 1. The molecule has 3 rings (SSSR count). The molecule has 2 N–H and O–H groups in total. The van der Waals surface area contributed by atoms with Crippen molar-refractivity contribution in [2.75, 3.05) is 27.2 Å². The first kappa shape index (κ1) is 32.8. The molecular formula is C22H25F6N3O6S. The van der Waals surface area contributed by atoms with Gasteiger partial charge in [0.05, 0.1) is 6.61 Å². The summed E-state index contributed by atoms with van der Waals surface area (Å²) in [6, 6.07) is 4.29. The number of halogens is 6. The Balaban J connectivity index is 0.000000426. The number of thiophene rings is 1. The highest BCUT2D eigenvalue weighted by Crippen LogP contribution is 2.24. The number of carbonyl (C=O) groups is 3. The van der Waals surface area contributed by atoms with Crippen LogP contribution in [0, 0.1) is 0 Å². The van der Waals surface area contributed by atoms with E-state index in [-0.39, 0.29) is 12.5 Å².